The van der Waals surface area contributed by atoms with Crippen LogP contribution in [-0.4, -0.2) is 50.9 Å². The number of nitrogens with two attached hydrogens (primary N) is 1. The van der Waals surface area contributed by atoms with Crippen LogP contribution in [0.2, 0.25) is 0 Å². The van der Waals surface area contributed by atoms with Crippen LogP contribution in [0.25, 0.3) is 0 Å². The third kappa shape index (κ3) is 2.80. The minimum absolute atomic E-state index is 0.203. The fourth-order valence-corrected chi connectivity index (χ4v) is 2.53. The Balaban J connectivity index is 2.22. The van der Waals surface area contributed by atoms with Gasteiger partial charge in [0, 0.05) is 35.4 Å². The van der Waals surface area contributed by atoms with Crippen LogP contribution in [0.4, 0.5) is 11.9 Å². The van der Waals surface area contributed by atoms with Gasteiger partial charge < -0.3 is 9.64 Å². The Hall–Kier alpha value is -1.48. The number of methoxy groups -OCH3 is 1. The number of nitrogens with zero attached hydrogens (tertiary/aromatic N) is 4. The summed E-state index contributed by atoms with van der Waals surface area (Å²) in [5.74, 6) is 7.25. The fraction of sp³-hybridized carbons (Fsp3) is 0.625. The van der Waals surface area contributed by atoms with Crippen molar-refractivity contribution >= 4 is 22.7 Å². The molecule has 1 fully saturated rings. The predicted molar refractivity (Wildman–Crippen MR) is 64.3 cm³/mol. The summed E-state index contributed by atoms with van der Waals surface area (Å²) in [5, 5.41) is 0. The molecule has 0 bridgehead atoms. The summed E-state index contributed by atoms with van der Waals surface area (Å²) in [4.78, 5) is 14.1. The van der Waals surface area contributed by atoms with E-state index < -0.39 is 10.8 Å². The van der Waals surface area contributed by atoms with Crippen molar-refractivity contribution < 1.29 is 8.95 Å². The minimum atomic E-state index is -0.733. The monoisotopic (exact) mass is 258 g/mol. The maximum Gasteiger partial charge on any atom is 0.322 e. The Bertz CT molecular complexity index is 396. The summed E-state index contributed by atoms with van der Waals surface area (Å²) < 4.78 is 16.2. The molecule has 2 rings (SSSR count). The molecule has 1 aromatic rings. The lowest BCUT2D eigenvalue weighted by molar-refractivity contribution is 0.378. The molecular formula is C8H14N6O2S. The van der Waals surface area contributed by atoms with Crippen LogP contribution in [0.3, 0.4) is 0 Å². The van der Waals surface area contributed by atoms with Crippen LogP contribution in [0.1, 0.15) is 0 Å². The molecule has 0 saturated carbocycles. The number of ether oxygens (including phenoxy) is 1. The molecule has 1 aliphatic rings. The van der Waals surface area contributed by atoms with E-state index in [-0.39, 0.29) is 12.0 Å². The van der Waals surface area contributed by atoms with Crippen LogP contribution in [0.5, 0.6) is 6.01 Å². The van der Waals surface area contributed by atoms with Gasteiger partial charge in [0.15, 0.2) is 0 Å². The average molecular weight is 258 g/mol. The standard InChI is InChI=1S/C8H14N6O2S/c1-16-8-11-6(13-9)10-7(12-8)14-2-4-17(15)5-3-14/h2-5,9H2,1H3,(H,10,11,12,13). The van der Waals surface area contributed by atoms with Crippen LogP contribution in [-0.2, 0) is 10.8 Å². The number of nitrogens with one attached hydrogen (secondary N) is 1. The Morgan fingerprint density at radius 1 is 1.35 bits per heavy atom. The van der Waals surface area contributed by atoms with E-state index >= 15 is 0 Å². The van der Waals surface area contributed by atoms with E-state index in [0.29, 0.717) is 30.5 Å². The molecule has 17 heavy (non-hydrogen) atoms. The number of rotatable bonds is 3. The van der Waals surface area contributed by atoms with Crippen molar-refractivity contribution in [2.45, 2.75) is 0 Å². The Labute approximate surface area is 101 Å². The zero-order chi connectivity index (χ0) is 12.3. The molecule has 0 aliphatic carbocycles. The van der Waals surface area contributed by atoms with Crippen molar-refractivity contribution in [1.29, 1.82) is 0 Å². The van der Waals surface area contributed by atoms with Gasteiger partial charge in [-0.1, -0.05) is 0 Å². The average Bonchev–Trinajstić information content (AvgIpc) is 2.39. The highest BCUT2D eigenvalue weighted by atomic mass is 32.2. The summed E-state index contributed by atoms with van der Waals surface area (Å²) in [7, 11) is 0.743. The Kier molecular flexibility index (Phi) is 3.69. The molecule has 0 atom stereocenters. The predicted octanol–water partition coefficient (Wildman–Crippen LogP) is -1.27. The highest BCUT2D eigenvalue weighted by Crippen LogP contribution is 2.15. The second-order valence-electron chi connectivity index (χ2n) is 3.43. The fourth-order valence-electron chi connectivity index (χ4n) is 1.48. The van der Waals surface area contributed by atoms with Gasteiger partial charge in [-0.25, -0.2) is 5.84 Å². The maximum absolute atomic E-state index is 11.3. The van der Waals surface area contributed by atoms with E-state index in [2.05, 4.69) is 20.4 Å². The molecule has 0 aromatic carbocycles. The van der Waals surface area contributed by atoms with Gasteiger partial charge in [-0.3, -0.25) is 9.63 Å². The van der Waals surface area contributed by atoms with Gasteiger partial charge >= 0.3 is 6.01 Å². The lowest BCUT2D eigenvalue weighted by Crippen LogP contribution is -2.39. The van der Waals surface area contributed by atoms with E-state index in [0.717, 1.165) is 0 Å². The second-order valence-corrected chi connectivity index (χ2v) is 5.12. The molecule has 1 aromatic heterocycles. The third-order valence-corrected chi connectivity index (χ3v) is 3.65. The molecule has 0 unspecified atom stereocenters. The third-order valence-electron chi connectivity index (χ3n) is 2.38. The minimum Gasteiger partial charge on any atom is -0.467 e. The molecule has 1 saturated heterocycles. The number of hydrogen-bond donors (Lipinski definition) is 2. The van der Waals surface area contributed by atoms with Gasteiger partial charge in [-0.2, -0.15) is 15.0 Å². The van der Waals surface area contributed by atoms with Crippen LogP contribution >= 0.6 is 0 Å². The zero-order valence-corrected chi connectivity index (χ0v) is 10.2. The first kappa shape index (κ1) is 12.0. The summed E-state index contributed by atoms with van der Waals surface area (Å²) in [6.45, 7) is 1.31. The Morgan fingerprint density at radius 2 is 2.06 bits per heavy atom. The quantitative estimate of drug-likeness (QED) is 0.511. The highest BCUT2D eigenvalue weighted by Gasteiger charge is 2.19. The van der Waals surface area contributed by atoms with Crippen molar-refractivity contribution in [3.63, 3.8) is 0 Å². The maximum atomic E-state index is 11.3. The van der Waals surface area contributed by atoms with Gasteiger partial charge in [-0.15, -0.1) is 0 Å². The van der Waals surface area contributed by atoms with Crippen molar-refractivity contribution in [3.05, 3.63) is 0 Å². The summed E-state index contributed by atoms with van der Waals surface area (Å²) >= 11 is 0. The van der Waals surface area contributed by atoms with Crippen molar-refractivity contribution in [2.75, 3.05) is 42.0 Å². The first-order valence-corrected chi connectivity index (χ1v) is 6.58. The first-order chi connectivity index (χ1) is 8.22. The van der Waals surface area contributed by atoms with Crippen LogP contribution < -0.4 is 20.9 Å². The molecule has 3 N–H and O–H groups in total. The van der Waals surface area contributed by atoms with Crippen molar-refractivity contribution in [3.8, 4) is 6.01 Å². The lowest BCUT2D eigenvalue weighted by atomic mass is 10.5. The number of nitrogen functional groups attached to an aromatic ring is 1. The van der Waals surface area contributed by atoms with Crippen molar-refractivity contribution in [2.24, 2.45) is 5.84 Å². The summed E-state index contributed by atoms with van der Waals surface area (Å²) in [6.07, 6.45) is 0. The molecule has 8 nitrogen and oxygen atoms in total. The molecular weight excluding hydrogens is 244 g/mol. The summed E-state index contributed by atoms with van der Waals surface area (Å²) in [5.41, 5.74) is 2.36. The molecule has 9 heteroatoms. The van der Waals surface area contributed by atoms with E-state index in [1.807, 2.05) is 4.90 Å². The number of aromatic nitrogens is 3. The number of hydrogen-bond acceptors (Lipinski definition) is 8. The molecule has 0 amide bonds. The molecule has 2 heterocycles. The largest absolute Gasteiger partial charge is 0.467 e. The van der Waals surface area contributed by atoms with Gasteiger partial charge in [0.2, 0.25) is 11.9 Å². The number of anilines is 2. The second kappa shape index (κ2) is 5.23. The van der Waals surface area contributed by atoms with Crippen LogP contribution in [0, 0.1) is 0 Å². The van der Waals surface area contributed by atoms with E-state index in [4.69, 9.17) is 10.6 Å². The van der Waals surface area contributed by atoms with Gasteiger partial charge in [0.25, 0.3) is 0 Å². The topological polar surface area (TPSA) is 106 Å². The first-order valence-electron chi connectivity index (χ1n) is 5.09. The van der Waals surface area contributed by atoms with Gasteiger partial charge in [-0.05, 0) is 0 Å². The van der Waals surface area contributed by atoms with Gasteiger partial charge in [0.1, 0.15) is 0 Å². The van der Waals surface area contributed by atoms with Gasteiger partial charge in [0.05, 0.1) is 7.11 Å². The molecule has 1 aliphatic heterocycles. The lowest BCUT2D eigenvalue weighted by Gasteiger charge is -2.26. The normalized spacial score (nSPS) is 16.9. The highest BCUT2D eigenvalue weighted by molar-refractivity contribution is 7.85. The SMILES string of the molecule is COc1nc(NN)nc(N2CCS(=O)CC2)n1. The Morgan fingerprint density at radius 3 is 2.65 bits per heavy atom. The van der Waals surface area contributed by atoms with E-state index in [1.165, 1.54) is 7.11 Å². The summed E-state index contributed by atoms with van der Waals surface area (Å²) in [6, 6.07) is 0.203. The number of hydrazine groups is 1. The smallest absolute Gasteiger partial charge is 0.322 e. The molecule has 94 valence electrons. The molecule has 0 radical (unpaired) electrons. The zero-order valence-electron chi connectivity index (χ0n) is 9.42. The van der Waals surface area contributed by atoms with Crippen molar-refractivity contribution in [1.82, 2.24) is 15.0 Å². The van der Waals surface area contributed by atoms with Crippen LogP contribution in [0.15, 0.2) is 0 Å². The molecule has 0 spiro atoms. The van der Waals surface area contributed by atoms with E-state index in [1.54, 1.807) is 0 Å². The van der Waals surface area contributed by atoms with E-state index in [9.17, 15) is 4.21 Å².